The van der Waals surface area contributed by atoms with Gasteiger partial charge in [0.05, 0.1) is 12.3 Å². The average molecular weight is 326 g/mol. The maximum atomic E-state index is 11.8. The van der Waals surface area contributed by atoms with Gasteiger partial charge < -0.3 is 14.5 Å². The van der Waals surface area contributed by atoms with Gasteiger partial charge in [-0.05, 0) is 25.5 Å². The van der Waals surface area contributed by atoms with Crippen molar-refractivity contribution < 1.29 is 9.53 Å². The molecule has 6 heteroatoms. The minimum absolute atomic E-state index is 0.237. The number of benzene rings is 1. The molecule has 126 valence electrons. The van der Waals surface area contributed by atoms with Crippen molar-refractivity contribution in [1.82, 2.24) is 15.1 Å². The Hall–Kier alpha value is -2.63. The van der Waals surface area contributed by atoms with Crippen LogP contribution in [0.25, 0.3) is 11.3 Å². The van der Waals surface area contributed by atoms with Crippen molar-refractivity contribution in [1.29, 1.82) is 0 Å². The van der Waals surface area contributed by atoms with Gasteiger partial charge in [0.2, 0.25) is 0 Å². The summed E-state index contributed by atoms with van der Waals surface area (Å²) in [6.07, 6.45) is -0.237. The monoisotopic (exact) mass is 326 g/mol. The van der Waals surface area contributed by atoms with Crippen LogP contribution in [0.1, 0.15) is 12.5 Å². The predicted octanol–water partition coefficient (Wildman–Crippen LogP) is 2.73. The first kappa shape index (κ1) is 16.2. The molecule has 0 unspecified atom stereocenters. The maximum absolute atomic E-state index is 11.8. The SMILES string of the molecule is CCOC(=O)N1CCN(c2nnc(-c3ccccc3)cc2C)CC1. The normalized spacial score (nSPS) is 14.6. The number of ether oxygens (including phenoxy) is 1. The lowest BCUT2D eigenvalue weighted by atomic mass is 10.1. The fourth-order valence-electron chi connectivity index (χ4n) is 2.86. The summed E-state index contributed by atoms with van der Waals surface area (Å²) in [4.78, 5) is 15.7. The highest BCUT2D eigenvalue weighted by atomic mass is 16.6. The zero-order valence-corrected chi connectivity index (χ0v) is 14.1. The van der Waals surface area contributed by atoms with Gasteiger partial charge in [-0.25, -0.2) is 4.79 Å². The second-order valence-corrected chi connectivity index (χ2v) is 5.78. The average Bonchev–Trinajstić information content (AvgIpc) is 2.63. The molecule has 0 N–H and O–H groups in total. The topological polar surface area (TPSA) is 58.6 Å². The molecule has 0 atom stereocenters. The molecule has 1 saturated heterocycles. The Morgan fingerprint density at radius 2 is 1.83 bits per heavy atom. The van der Waals surface area contributed by atoms with Gasteiger partial charge in [-0.2, -0.15) is 0 Å². The number of piperazine rings is 1. The third kappa shape index (κ3) is 3.48. The number of amides is 1. The number of carbonyl (C=O) groups excluding carboxylic acids is 1. The minimum Gasteiger partial charge on any atom is -0.450 e. The highest BCUT2D eigenvalue weighted by Gasteiger charge is 2.23. The first-order valence-electron chi connectivity index (χ1n) is 8.25. The summed E-state index contributed by atoms with van der Waals surface area (Å²) < 4.78 is 5.05. The molecule has 1 aromatic heterocycles. The van der Waals surface area contributed by atoms with Crippen molar-refractivity contribution in [2.45, 2.75) is 13.8 Å². The van der Waals surface area contributed by atoms with Crippen LogP contribution in [0.15, 0.2) is 36.4 Å². The Labute approximate surface area is 142 Å². The molecule has 24 heavy (non-hydrogen) atoms. The largest absolute Gasteiger partial charge is 0.450 e. The van der Waals surface area contributed by atoms with Crippen LogP contribution in [0.3, 0.4) is 0 Å². The summed E-state index contributed by atoms with van der Waals surface area (Å²) in [5.41, 5.74) is 3.03. The second-order valence-electron chi connectivity index (χ2n) is 5.78. The van der Waals surface area contributed by atoms with E-state index in [2.05, 4.69) is 21.2 Å². The molecule has 0 radical (unpaired) electrons. The zero-order valence-electron chi connectivity index (χ0n) is 14.1. The van der Waals surface area contributed by atoms with E-state index < -0.39 is 0 Å². The summed E-state index contributed by atoms with van der Waals surface area (Å²) in [7, 11) is 0. The fraction of sp³-hybridized carbons (Fsp3) is 0.389. The quantitative estimate of drug-likeness (QED) is 0.868. The Kier molecular flexibility index (Phi) is 4.93. The number of rotatable bonds is 3. The van der Waals surface area contributed by atoms with Crippen molar-refractivity contribution in [3.8, 4) is 11.3 Å². The number of aromatic nitrogens is 2. The minimum atomic E-state index is -0.237. The van der Waals surface area contributed by atoms with Crippen molar-refractivity contribution in [2.75, 3.05) is 37.7 Å². The molecular weight excluding hydrogens is 304 g/mol. The van der Waals surface area contributed by atoms with Crippen molar-refractivity contribution in [3.63, 3.8) is 0 Å². The Balaban J connectivity index is 1.69. The van der Waals surface area contributed by atoms with Crippen LogP contribution in [-0.2, 0) is 4.74 Å². The van der Waals surface area contributed by atoms with Gasteiger partial charge in [-0.1, -0.05) is 30.3 Å². The van der Waals surface area contributed by atoms with E-state index in [0.717, 1.165) is 35.7 Å². The molecule has 1 amide bonds. The fourth-order valence-corrected chi connectivity index (χ4v) is 2.86. The van der Waals surface area contributed by atoms with E-state index >= 15 is 0 Å². The third-order valence-corrected chi connectivity index (χ3v) is 4.13. The van der Waals surface area contributed by atoms with Gasteiger partial charge >= 0.3 is 6.09 Å². The first-order chi connectivity index (χ1) is 11.7. The molecule has 2 aromatic rings. The van der Waals surface area contributed by atoms with Gasteiger partial charge in [-0.15, -0.1) is 10.2 Å². The molecule has 0 saturated carbocycles. The number of hydrogen-bond acceptors (Lipinski definition) is 5. The molecular formula is C18H22N4O2. The van der Waals surface area contributed by atoms with Gasteiger partial charge in [0.15, 0.2) is 5.82 Å². The van der Waals surface area contributed by atoms with Gasteiger partial charge in [0.1, 0.15) is 0 Å². The lowest BCUT2D eigenvalue weighted by Crippen LogP contribution is -2.49. The van der Waals surface area contributed by atoms with Crippen LogP contribution in [0, 0.1) is 6.92 Å². The predicted molar refractivity (Wildman–Crippen MR) is 93.0 cm³/mol. The van der Waals surface area contributed by atoms with Gasteiger partial charge in [0.25, 0.3) is 0 Å². The second kappa shape index (κ2) is 7.29. The molecule has 0 spiro atoms. The number of nitrogens with zero attached hydrogens (tertiary/aromatic N) is 4. The first-order valence-corrected chi connectivity index (χ1v) is 8.25. The molecule has 0 bridgehead atoms. The van der Waals surface area contributed by atoms with E-state index in [0.29, 0.717) is 19.7 Å². The number of hydrogen-bond donors (Lipinski definition) is 0. The van der Waals surface area contributed by atoms with E-state index in [9.17, 15) is 4.79 Å². The van der Waals surface area contributed by atoms with E-state index in [1.807, 2.05) is 44.2 Å². The molecule has 1 aromatic carbocycles. The highest BCUT2D eigenvalue weighted by Crippen LogP contribution is 2.23. The van der Waals surface area contributed by atoms with Crippen LogP contribution in [0.2, 0.25) is 0 Å². The van der Waals surface area contributed by atoms with Gasteiger partial charge in [-0.3, -0.25) is 0 Å². The Morgan fingerprint density at radius 1 is 1.12 bits per heavy atom. The lowest BCUT2D eigenvalue weighted by molar-refractivity contribution is 0.105. The van der Waals surface area contributed by atoms with E-state index in [4.69, 9.17) is 4.74 Å². The molecule has 1 fully saturated rings. The lowest BCUT2D eigenvalue weighted by Gasteiger charge is -2.35. The molecule has 1 aliphatic heterocycles. The van der Waals surface area contributed by atoms with Crippen molar-refractivity contribution in [2.24, 2.45) is 0 Å². The number of anilines is 1. The summed E-state index contributed by atoms with van der Waals surface area (Å²) in [6.45, 7) is 7.03. The van der Waals surface area contributed by atoms with Crippen LogP contribution in [-0.4, -0.2) is 54.0 Å². The maximum Gasteiger partial charge on any atom is 0.409 e. The van der Waals surface area contributed by atoms with E-state index in [1.54, 1.807) is 4.90 Å². The molecule has 2 heterocycles. The summed E-state index contributed by atoms with van der Waals surface area (Å²) in [5.74, 6) is 0.887. The molecule has 6 nitrogen and oxygen atoms in total. The molecule has 3 rings (SSSR count). The summed E-state index contributed by atoms with van der Waals surface area (Å²) >= 11 is 0. The number of carbonyl (C=O) groups is 1. The smallest absolute Gasteiger partial charge is 0.409 e. The number of aryl methyl sites for hydroxylation is 1. The van der Waals surface area contributed by atoms with E-state index in [-0.39, 0.29) is 6.09 Å². The van der Waals surface area contributed by atoms with Crippen LogP contribution < -0.4 is 4.90 Å². The molecule has 0 aliphatic carbocycles. The van der Waals surface area contributed by atoms with Gasteiger partial charge in [0, 0.05) is 31.7 Å². The van der Waals surface area contributed by atoms with E-state index in [1.165, 1.54) is 0 Å². The Morgan fingerprint density at radius 3 is 2.46 bits per heavy atom. The standard InChI is InChI=1S/C18H22N4O2/c1-3-24-18(23)22-11-9-21(10-12-22)17-14(2)13-16(19-20-17)15-7-5-4-6-8-15/h4-8,13H,3,9-12H2,1-2H3. The molecule has 1 aliphatic rings. The Bertz CT molecular complexity index is 697. The summed E-state index contributed by atoms with van der Waals surface area (Å²) in [6, 6.07) is 12.1. The zero-order chi connectivity index (χ0) is 16.9. The third-order valence-electron chi connectivity index (χ3n) is 4.13. The van der Waals surface area contributed by atoms with Crippen LogP contribution in [0.4, 0.5) is 10.6 Å². The summed E-state index contributed by atoms with van der Waals surface area (Å²) in [5, 5.41) is 8.80. The van der Waals surface area contributed by atoms with Crippen LogP contribution >= 0.6 is 0 Å². The highest BCUT2D eigenvalue weighted by molar-refractivity contribution is 5.68. The van der Waals surface area contributed by atoms with Crippen molar-refractivity contribution in [3.05, 3.63) is 42.0 Å². The van der Waals surface area contributed by atoms with Crippen molar-refractivity contribution >= 4 is 11.9 Å². The van der Waals surface area contributed by atoms with Crippen LogP contribution in [0.5, 0.6) is 0 Å².